The zero-order valence-corrected chi connectivity index (χ0v) is 12.7. The summed E-state index contributed by atoms with van der Waals surface area (Å²) in [5.74, 6) is 1.06. The highest BCUT2D eigenvalue weighted by Gasteiger charge is 2.51. The number of carbonyl (C=O) groups is 1. The lowest BCUT2D eigenvalue weighted by molar-refractivity contribution is -0.150. The van der Waals surface area contributed by atoms with E-state index in [0.717, 1.165) is 29.7 Å². The maximum absolute atomic E-state index is 12.4. The molecule has 1 aromatic carbocycles. The number of fused-ring (bicyclic) bond motifs is 1. The lowest BCUT2D eigenvalue weighted by Crippen LogP contribution is -2.56. The largest absolute Gasteiger partial charge is 0.468 e. The van der Waals surface area contributed by atoms with Gasteiger partial charge in [0.25, 0.3) is 0 Å². The van der Waals surface area contributed by atoms with Crippen LogP contribution in [0.5, 0.6) is 0 Å². The molecule has 1 aliphatic carbocycles. The molecule has 0 bridgehead atoms. The number of hydrogen-bond acceptors (Lipinski definition) is 4. The van der Waals surface area contributed by atoms with E-state index in [9.17, 15) is 4.79 Å². The summed E-state index contributed by atoms with van der Waals surface area (Å²) in [5.41, 5.74) is 1.35. The molecule has 1 unspecified atom stereocenters. The molecule has 0 radical (unpaired) electrons. The van der Waals surface area contributed by atoms with Gasteiger partial charge in [-0.25, -0.2) is 9.78 Å². The molecule has 1 saturated carbocycles. The number of ether oxygens (including phenoxy) is 1. The lowest BCUT2D eigenvalue weighted by atomic mass is 9.93. The van der Waals surface area contributed by atoms with E-state index in [4.69, 9.17) is 4.74 Å². The highest BCUT2D eigenvalue weighted by atomic mass is 16.5. The summed E-state index contributed by atoms with van der Waals surface area (Å²) >= 11 is 0. The number of aryl methyl sites for hydroxylation is 1. The molecule has 1 N–H and O–H groups in total. The standard InChI is InChI=1S/C16H21N3O2/c1-11-18-13-6-4-5-7-14(13)19(11)10-16(17-2,12-8-9-12)15(20)21-3/h4-7,12,17H,8-10H2,1-3H3. The average Bonchev–Trinajstić information content (AvgIpc) is 3.30. The van der Waals surface area contributed by atoms with Crippen LogP contribution < -0.4 is 5.32 Å². The number of rotatable bonds is 5. The molecule has 2 aromatic rings. The van der Waals surface area contributed by atoms with Gasteiger partial charge in [0.2, 0.25) is 0 Å². The van der Waals surface area contributed by atoms with Crippen LogP contribution in [0.4, 0.5) is 0 Å². The van der Waals surface area contributed by atoms with Crippen LogP contribution in [0.15, 0.2) is 24.3 Å². The van der Waals surface area contributed by atoms with Gasteiger partial charge in [0.05, 0.1) is 24.7 Å². The molecule has 0 saturated heterocycles. The molecule has 21 heavy (non-hydrogen) atoms. The molecule has 1 aromatic heterocycles. The van der Waals surface area contributed by atoms with E-state index in [-0.39, 0.29) is 5.97 Å². The monoisotopic (exact) mass is 287 g/mol. The molecule has 1 heterocycles. The second-order valence-electron chi connectivity index (χ2n) is 5.72. The Kier molecular flexibility index (Phi) is 3.45. The fourth-order valence-corrected chi connectivity index (χ4v) is 3.15. The Bertz CT molecular complexity index is 675. The SMILES string of the molecule is CNC(Cn1c(C)nc2ccccc21)(C(=O)OC)C1CC1. The molecule has 112 valence electrons. The van der Waals surface area contributed by atoms with E-state index >= 15 is 0 Å². The molecular formula is C16H21N3O2. The number of aromatic nitrogens is 2. The second-order valence-corrected chi connectivity index (χ2v) is 5.72. The number of nitrogens with one attached hydrogen (secondary N) is 1. The highest BCUT2D eigenvalue weighted by Crippen LogP contribution is 2.41. The summed E-state index contributed by atoms with van der Waals surface area (Å²) in [6.45, 7) is 2.53. The Morgan fingerprint density at radius 2 is 2.19 bits per heavy atom. The summed E-state index contributed by atoms with van der Waals surface area (Å²) in [7, 11) is 3.29. The van der Waals surface area contributed by atoms with Crippen LogP contribution in [-0.4, -0.2) is 35.2 Å². The van der Waals surface area contributed by atoms with Gasteiger partial charge in [-0.3, -0.25) is 0 Å². The van der Waals surface area contributed by atoms with E-state index in [0.29, 0.717) is 12.5 Å². The number of methoxy groups -OCH3 is 1. The van der Waals surface area contributed by atoms with Crippen LogP contribution in [0, 0.1) is 12.8 Å². The van der Waals surface area contributed by atoms with Crippen molar-refractivity contribution < 1.29 is 9.53 Å². The van der Waals surface area contributed by atoms with Crippen molar-refractivity contribution in [2.45, 2.75) is 31.8 Å². The minimum atomic E-state index is -0.664. The van der Waals surface area contributed by atoms with Gasteiger partial charge in [0.1, 0.15) is 11.4 Å². The number of hydrogen-bond donors (Lipinski definition) is 1. The number of nitrogens with zero attached hydrogens (tertiary/aromatic N) is 2. The summed E-state index contributed by atoms with van der Waals surface area (Å²) in [6.07, 6.45) is 2.11. The molecule has 1 aliphatic rings. The van der Waals surface area contributed by atoms with Crippen LogP contribution in [0.3, 0.4) is 0 Å². The molecule has 0 aliphatic heterocycles. The molecule has 5 nitrogen and oxygen atoms in total. The second kappa shape index (κ2) is 5.15. The molecular weight excluding hydrogens is 266 g/mol. The van der Waals surface area contributed by atoms with Gasteiger partial charge in [0.15, 0.2) is 0 Å². The predicted molar refractivity (Wildman–Crippen MR) is 81.0 cm³/mol. The number of likely N-dealkylation sites (N-methyl/N-ethyl adjacent to an activating group) is 1. The molecule has 0 amide bonds. The third-order valence-electron chi connectivity index (χ3n) is 4.52. The third kappa shape index (κ3) is 2.21. The average molecular weight is 287 g/mol. The Morgan fingerprint density at radius 1 is 1.48 bits per heavy atom. The first-order chi connectivity index (χ1) is 10.1. The maximum Gasteiger partial charge on any atom is 0.328 e. The Balaban J connectivity index is 2.06. The van der Waals surface area contributed by atoms with Crippen molar-refractivity contribution in [3.63, 3.8) is 0 Å². The first-order valence-corrected chi connectivity index (χ1v) is 7.31. The van der Waals surface area contributed by atoms with Crippen LogP contribution >= 0.6 is 0 Å². The van der Waals surface area contributed by atoms with Crippen molar-refractivity contribution in [3.05, 3.63) is 30.1 Å². The minimum absolute atomic E-state index is 0.190. The molecule has 3 rings (SSSR count). The topological polar surface area (TPSA) is 56.2 Å². The van der Waals surface area contributed by atoms with Gasteiger partial charge >= 0.3 is 5.97 Å². The van der Waals surface area contributed by atoms with Crippen molar-refractivity contribution in [3.8, 4) is 0 Å². The van der Waals surface area contributed by atoms with Crippen molar-refractivity contribution in [2.75, 3.05) is 14.2 Å². The molecule has 1 fully saturated rings. The van der Waals surface area contributed by atoms with Crippen LogP contribution in [0.25, 0.3) is 11.0 Å². The third-order valence-corrected chi connectivity index (χ3v) is 4.52. The van der Waals surface area contributed by atoms with Gasteiger partial charge in [0, 0.05) is 0 Å². The fourth-order valence-electron chi connectivity index (χ4n) is 3.15. The van der Waals surface area contributed by atoms with Crippen LogP contribution in [-0.2, 0) is 16.1 Å². The van der Waals surface area contributed by atoms with Crippen LogP contribution in [0.2, 0.25) is 0 Å². The Labute approximate surface area is 124 Å². The van der Waals surface area contributed by atoms with E-state index in [1.165, 1.54) is 7.11 Å². The van der Waals surface area contributed by atoms with Crippen molar-refractivity contribution in [1.29, 1.82) is 0 Å². The summed E-state index contributed by atoms with van der Waals surface area (Å²) in [4.78, 5) is 17.0. The predicted octanol–water partition coefficient (Wildman–Crippen LogP) is 1.89. The van der Waals surface area contributed by atoms with Crippen LogP contribution in [0.1, 0.15) is 18.7 Å². The van der Waals surface area contributed by atoms with Gasteiger partial charge in [-0.2, -0.15) is 0 Å². The first-order valence-electron chi connectivity index (χ1n) is 7.31. The molecule has 1 atom stereocenters. The van der Waals surface area contributed by atoms with Crippen molar-refractivity contribution >= 4 is 17.0 Å². The number of benzene rings is 1. The first kappa shape index (κ1) is 14.1. The lowest BCUT2D eigenvalue weighted by Gasteiger charge is -2.31. The summed E-state index contributed by atoms with van der Waals surface area (Å²) < 4.78 is 7.19. The molecule has 5 heteroatoms. The Morgan fingerprint density at radius 3 is 2.81 bits per heavy atom. The van der Waals surface area contributed by atoms with Gasteiger partial charge in [-0.15, -0.1) is 0 Å². The smallest absolute Gasteiger partial charge is 0.328 e. The van der Waals surface area contributed by atoms with E-state index in [2.05, 4.69) is 14.9 Å². The molecule has 0 spiro atoms. The summed E-state index contributed by atoms with van der Waals surface area (Å²) in [6, 6.07) is 8.01. The minimum Gasteiger partial charge on any atom is -0.468 e. The van der Waals surface area contributed by atoms with E-state index in [1.54, 1.807) is 0 Å². The number of esters is 1. The number of imidazole rings is 1. The van der Waals surface area contributed by atoms with Gasteiger partial charge < -0.3 is 14.6 Å². The zero-order chi connectivity index (χ0) is 15.0. The number of carbonyl (C=O) groups excluding carboxylic acids is 1. The normalized spacial score (nSPS) is 17.7. The quantitative estimate of drug-likeness (QED) is 0.853. The number of para-hydroxylation sites is 2. The maximum atomic E-state index is 12.4. The Hall–Kier alpha value is -1.88. The van der Waals surface area contributed by atoms with Crippen molar-refractivity contribution in [1.82, 2.24) is 14.9 Å². The highest BCUT2D eigenvalue weighted by molar-refractivity contribution is 5.82. The zero-order valence-electron chi connectivity index (χ0n) is 12.7. The van der Waals surface area contributed by atoms with Gasteiger partial charge in [-0.05, 0) is 44.9 Å². The van der Waals surface area contributed by atoms with E-state index < -0.39 is 5.54 Å². The van der Waals surface area contributed by atoms with E-state index in [1.807, 2.05) is 38.2 Å². The van der Waals surface area contributed by atoms with Gasteiger partial charge in [-0.1, -0.05) is 12.1 Å². The summed E-state index contributed by atoms with van der Waals surface area (Å²) in [5, 5.41) is 3.24. The van der Waals surface area contributed by atoms with Crippen molar-refractivity contribution in [2.24, 2.45) is 5.92 Å². The fraction of sp³-hybridized carbons (Fsp3) is 0.500.